The number of carbonyl (C=O) groups excluding carboxylic acids is 5. The number of fused-ring (bicyclic) bond motifs is 3. The molecule has 326 valence electrons. The zero-order valence-electron chi connectivity index (χ0n) is 34.3. The Labute approximate surface area is 370 Å². The van der Waals surface area contributed by atoms with Crippen molar-refractivity contribution in [1.82, 2.24) is 4.98 Å². The van der Waals surface area contributed by atoms with Crippen LogP contribution in [0.5, 0.6) is 23.0 Å². The number of hydrogen-bond acceptors (Lipinski definition) is 17. The first-order valence-corrected chi connectivity index (χ1v) is 19.9. The highest BCUT2D eigenvalue weighted by atomic mass is 32.1. The molecule has 5 aromatic carbocycles. The number of anilines is 1. The lowest BCUT2D eigenvalue weighted by Gasteiger charge is -2.14. The van der Waals surface area contributed by atoms with Crippen LogP contribution in [0.4, 0.5) is 5.13 Å². The summed E-state index contributed by atoms with van der Waals surface area (Å²) in [5, 5.41) is 8.95. The minimum Gasteiger partial charge on any atom is -0.462 e. The lowest BCUT2D eigenvalue weighted by atomic mass is 10.1. The molecule has 0 bridgehead atoms. The largest absolute Gasteiger partial charge is 0.462 e. The Bertz CT molecular complexity index is 2750. The molecule has 0 radical (unpaired) electrons. The summed E-state index contributed by atoms with van der Waals surface area (Å²) in [6, 6.07) is 27.3. The van der Waals surface area contributed by atoms with Crippen LogP contribution in [-0.4, -0.2) is 75.1 Å². The number of nitrogens with zero attached hydrogens (tertiary/aromatic N) is 3. The van der Waals surface area contributed by atoms with Crippen LogP contribution in [-0.2, 0) is 39.8 Å². The molecule has 0 N–H and O–H groups in total. The molecule has 0 aliphatic rings. The van der Waals surface area contributed by atoms with Crippen LogP contribution in [0.3, 0.4) is 0 Å². The standard InChI is InChI=1S/C47H39N3O13S/c1-5-41(51)60-27-57-35-17-13-32(14-18-35)45(54)56-23-22-30-12-19-37(34(24-30)26-48-50(4)47-49-44-36-11-9-8-10-31(36)16-21-40(44)64-47)63-46(55)33-15-20-38(58-28-61-42(52)6-2)39(25-33)59-29-62-43(53)7-3/h5-21,24-26H,1-3,22-23,27-29H2,4H3/b48-26+. The Hall–Kier alpha value is -8.31. The number of hydrazone groups is 1. The van der Waals surface area contributed by atoms with Crippen LogP contribution in [0.2, 0.25) is 0 Å². The minimum absolute atomic E-state index is 0.00989. The van der Waals surface area contributed by atoms with Crippen LogP contribution < -0.4 is 24.0 Å². The van der Waals surface area contributed by atoms with E-state index in [2.05, 4.69) is 24.8 Å². The third kappa shape index (κ3) is 12.2. The monoisotopic (exact) mass is 885 g/mol. The van der Waals surface area contributed by atoms with Gasteiger partial charge in [-0.15, -0.1) is 0 Å². The van der Waals surface area contributed by atoms with Crippen LogP contribution in [0.15, 0.2) is 140 Å². The molecule has 1 heterocycles. The van der Waals surface area contributed by atoms with Gasteiger partial charge in [-0.05, 0) is 71.6 Å². The molecule has 0 saturated heterocycles. The van der Waals surface area contributed by atoms with Crippen LogP contribution in [0, 0.1) is 0 Å². The van der Waals surface area contributed by atoms with Crippen molar-refractivity contribution in [2.75, 3.05) is 39.0 Å². The van der Waals surface area contributed by atoms with Crippen molar-refractivity contribution < 1.29 is 61.9 Å². The van der Waals surface area contributed by atoms with Gasteiger partial charge in [0.15, 0.2) is 11.5 Å². The second kappa shape index (κ2) is 22.0. The summed E-state index contributed by atoms with van der Waals surface area (Å²) in [4.78, 5) is 65.8. The highest BCUT2D eigenvalue weighted by molar-refractivity contribution is 7.22. The fraction of sp³-hybridized carbons (Fsp3) is 0.128. The summed E-state index contributed by atoms with van der Waals surface area (Å²) in [5.41, 5.74) is 2.28. The number of rotatable bonds is 21. The summed E-state index contributed by atoms with van der Waals surface area (Å²) in [6.07, 6.45) is 4.74. The quantitative estimate of drug-likeness (QED) is 0.0130. The number of aromatic nitrogens is 1. The van der Waals surface area contributed by atoms with Crippen molar-refractivity contribution in [3.05, 3.63) is 157 Å². The van der Waals surface area contributed by atoms with Gasteiger partial charge in [-0.3, -0.25) is 0 Å². The summed E-state index contributed by atoms with van der Waals surface area (Å²) in [7, 11) is 1.75. The van der Waals surface area contributed by atoms with Gasteiger partial charge >= 0.3 is 29.8 Å². The van der Waals surface area contributed by atoms with Gasteiger partial charge in [0.2, 0.25) is 25.5 Å². The molecule has 0 unspecified atom stereocenters. The Kier molecular flexibility index (Phi) is 15.5. The van der Waals surface area contributed by atoms with Gasteiger partial charge in [0.1, 0.15) is 11.5 Å². The molecule has 0 amide bonds. The van der Waals surface area contributed by atoms with E-state index in [4.69, 9.17) is 42.9 Å². The van der Waals surface area contributed by atoms with E-state index in [0.29, 0.717) is 16.4 Å². The highest BCUT2D eigenvalue weighted by Crippen LogP contribution is 2.34. The number of ether oxygens (including phenoxy) is 8. The van der Waals surface area contributed by atoms with E-state index in [1.54, 1.807) is 30.3 Å². The van der Waals surface area contributed by atoms with E-state index in [0.717, 1.165) is 44.8 Å². The second-order valence-electron chi connectivity index (χ2n) is 13.0. The average Bonchev–Trinajstić information content (AvgIpc) is 3.77. The summed E-state index contributed by atoms with van der Waals surface area (Å²) in [5.74, 6) is -2.94. The van der Waals surface area contributed by atoms with Gasteiger partial charge in [-0.1, -0.05) is 67.5 Å². The summed E-state index contributed by atoms with van der Waals surface area (Å²) < 4.78 is 43.4. The zero-order valence-corrected chi connectivity index (χ0v) is 35.1. The van der Waals surface area contributed by atoms with Crippen LogP contribution in [0.1, 0.15) is 31.8 Å². The summed E-state index contributed by atoms with van der Waals surface area (Å²) in [6.45, 7) is 8.62. The molecule has 6 rings (SSSR count). The molecular weight excluding hydrogens is 847 g/mol. The number of esters is 5. The fourth-order valence-electron chi connectivity index (χ4n) is 5.63. The van der Waals surface area contributed by atoms with Gasteiger partial charge in [0, 0.05) is 42.6 Å². The van der Waals surface area contributed by atoms with E-state index >= 15 is 0 Å². The fourth-order valence-corrected chi connectivity index (χ4v) is 6.53. The molecular formula is C47H39N3O13S. The molecule has 0 saturated carbocycles. The lowest BCUT2D eigenvalue weighted by Crippen LogP contribution is -2.14. The van der Waals surface area contributed by atoms with Gasteiger partial charge in [0.05, 0.1) is 34.2 Å². The first-order chi connectivity index (χ1) is 31.0. The maximum absolute atomic E-state index is 13.7. The smallest absolute Gasteiger partial charge is 0.343 e. The molecule has 0 atom stereocenters. The molecule has 0 fully saturated rings. The van der Waals surface area contributed by atoms with Gasteiger partial charge in [-0.25, -0.2) is 34.0 Å². The summed E-state index contributed by atoms with van der Waals surface area (Å²) >= 11 is 1.46. The second-order valence-corrected chi connectivity index (χ2v) is 14.0. The van der Waals surface area contributed by atoms with Crippen LogP contribution >= 0.6 is 11.3 Å². The lowest BCUT2D eigenvalue weighted by molar-refractivity contribution is -0.146. The molecule has 64 heavy (non-hydrogen) atoms. The first-order valence-electron chi connectivity index (χ1n) is 19.1. The normalized spacial score (nSPS) is 10.7. The molecule has 16 nitrogen and oxygen atoms in total. The van der Waals surface area contributed by atoms with E-state index in [-0.39, 0.29) is 48.2 Å². The van der Waals surface area contributed by atoms with E-state index in [1.165, 1.54) is 60.0 Å². The maximum atomic E-state index is 13.7. The Balaban J connectivity index is 1.20. The Morgan fingerprint density at radius 1 is 0.672 bits per heavy atom. The van der Waals surface area contributed by atoms with Crippen LogP contribution in [0.25, 0.3) is 21.0 Å². The van der Waals surface area contributed by atoms with Crippen molar-refractivity contribution in [2.24, 2.45) is 5.10 Å². The topological polar surface area (TPSA) is 188 Å². The van der Waals surface area contributed by atoms with Crippen molar-refractivity contribution in [1.29, 1.82) is 0 Å². The number of thiazole rings is 1. The van der Waals surface area contributed by atoms with Crippen molar-refractivity contribution >= 4 is 73.5 Å². The Morgan fingerprint density at radius 2 is 1.31 bits per heavy atom. The molecule has 17 heteroatoms. The van der Waals surface area contributed by atoms with Crippen molar-refractivity contribution in [2.45, 2.75) is 6.42 Å². The molecule has 1 aromatic heterocycles. The van der Waals surface area contributed by atoms with E-state index in [1.807, 2.05) is 36.4 Å². The predicted octanol–water partition coefficient (Wildman–Crippen LogP) is 7.74. The maximum Gasteiger partial charge on any atom is 0.343 e. The average molecular weight is 886 g/mol. The molecule has 0 aliphatic heterocycles. The molecule has 0 spiro atoms. The number of carbonyl (C=O) groups is 5. The Morgan fingerprint density at radius 3 is 2.02 bits per heavy atom. The third-order valence-electron chi connectivity index (χ3n) is 8.85. The number of hydrogen-bond donors (Lipinski definition) is 0. The van der Waals surface area contributed by atoms with Crippen molar-refractivity contribution in [3.8, 4) is 23.0 Å². The first kappa shape index (κ1) is 45.2. The van der Waals surface area contributed by atoms with Gasteiger partial charge in [-0.2, -0.15) is 5.10 Å². The third-order valence-corrected chi connectivity index (χ3v) is 9.93. The van der Waals surface area contributed by atoms with Gasteiger partial charge in [0.25, 0.3) is 0 Å². The van der Waals surface area contributed by atoms with E-state index < -0.39 is 43.4 Å². The molecule has 0 aliphatic carbocycles. The number of benzene rings is 5. The van der Waals surface area contributed by atoms with Gasteiger partial charge < -0.3 is 37.9 Å². The minimum atomic E-state index is -0.797. The van der Waals surface area contributed by atoms with E-state index in [9.17, 15) is 24.0 Å². The van der Waals surface area contributed by atoms with Crippen molar-refractivity contribution in [3.63, 3.8) is 0 Å². The predicted molar refractivity (Wildman–Crippen MR) is 237 cm³/mol. The molecule has 6 aromatic rings. The SMILES string of the molecule is C=CC(=O)OCOc1ccc(C(=O)OCCc2ccc(OC(=O)c3ccc(OCOC(=O)C=C)c(OCOC(=O)C=C)c3)c(/C=N/N(C)c3nc4c(ccc5ccccc54)s3)c2)cc1. The highest BCUT2D eigenvalue weighted by Gasteiger charge is 2.18. The zero-order chi connectivity index (χ0) is 45.4.